The van der Waals surface area contributed by atoms with Gasteiger partial charge in [0.15, 0.2) is 0 Å². The quantitative estimate of drug-likeness (QED) is 0.159. The van der Waals surface area contributed by atoms with Crippen LogP contribution in [0.2, 0.25) is 0 Å². The van der Waals surface area contributed by atoms with E-state index in [4.69, 9.17) is 9.47 Å². The molecule has 2 fully saturated rings. The lowest BCUT2D eigenvalue weighted by atomic mass is 9.84. The van der Waals surface area contributed by atoms with Gasteiger partial charge in [0.05, 0.1) is 0 Å². The Morgan fingerprint density at radius 2 is 1.69 bits per heavy atom. The van der Waals surface area contributed by atoms with E-state index in [-0.39, 0.29) is 37.2 Å². The Balaban J connectivity index is 1.58. The van der Waals surface area contributed by atoms with Gasteiger partial charge in [-0.1, -0.05) is 43.2 Å². The number of carbonyl (C=O) groups is 6. The predicted octanol–water partition coefficient (Wildman–Crippen LogP) is 3.52. The number of alkyl carbamates (subject to hydrolysis) is 2. The van der Waals surface area contributed by atoms with Crippen LogP contribution < -0.4 is 16.0 Å². The Bertz CT molecular complexity index is 1270. The van der Waals surface area contributed by atoms with Gasteiger partial charge in [-0.2, -0.15) is 11.8 Å². The van der Waals surface area contributed by atoms with Crippen LogP contribution in [-0.4, -0.2) is 98.9 Å². The van der Waals surface area contributed by atoms with Crippen LogP contribution in [0.5, 0.6) is 0 Å². The van der Waals surface area contributed by atoms with Gasteiger partial charge in [-0.05, 0) is 70.1 Å². The maximum atomic E-state index is 13.3. The summed E-state index contributed by atoms with van der Waals surface area (Å²) in [5, 5.41) is 27.3. The highest BCUT2D eigenvalue weighted by Gasteiger charge is 2.47. The average molecular weight is 693 g/mol. The second-order valence-electron chi connectivity index (χ2n) is 13.1. The number of ether oxygens (including phenoxy) is 2. The van der Waals surface area contributed by atoms with Gasteiger partial charge in [-0.25, -0.2) is 19.2 Å². The first-order valence-corrected chi connectivity index (χ1v) is 17.5. The zero-order valence-electron chi connectivity index (χ0n) is 27.8. The van der Waals surface area contributed by atoms with E-state index in [0.717, 1.165) is 24.8 Å². The van der Waals surface area contributed by atoms with Crippen LogP contribution in [0.3, 0.4) is 0 Å². The molecule has 2 aliphatic rings. The predicted molar refractivity (Wildman–Crippen MR) is 177 cm³/mol. The Morgan fingerprint density at radius 3 is 2.35 bits per heavy atom. The number of hydrogen-bond donors (Lipinski definition) is 5. The van der Waals surface area contributed by atoms with E-state index in [2.05, 4.69) is 16.0 Å². The van der Waals surface area contributed by atoms with Crippen molar-refractivity contribution < 1.29 is 48.5 Å². The van der Waals surface area contributed by atoms with Crippen molar-refractivity contribution in [2.24, 2.45) is 5.92 Å². The van der Waals surface area contributed by atoms with Crippen LogP contribution >= 0.6 is 11.8 Å². The van der Waals surface area contributed by atoms with E-state index in [1.807, 2.05) is 6.07 Å². The number of hydrogen-bond acceptors (Lipinski definition) is 9. The molecule has 266 valence electrons. The first-order chi connectivity index (χ1) is 22.7. The van der Waals surface area contributed by atoms with Crippen molar-refractivity contribution in [3.05, 3.63) is 35.9 Å². The van der Waals surface area contributed by atoms with Crippen molar-refractivity contribution in [3.63, 3.8) is 0 Å². The fraction of sp³-hybridized carbons (Fsp3) is 0.636. The molecule has 4 amide bonds. The maximum Gasteiger partial charge on any atom is 0.408 e. The number of aliphatic carboxylic acids is 2. The minimum Gasteiger partial charge on any atom is -0.480 e. The number of nitrogens with one attached hydrogen (secondary N) is 3. The van der Waals surface area contributed by atoms with Gasteiger partial charge in [0.1, 0.15) is 30.3 Å². The van der Waals surface area contributed by atoms with Gasteiger partial charge in [-0.15, -0.1) is 0 Å². The van der Waals surface area contributed by atoms with E-state index in [1.54, 1.807) is 45.0 Å². The van der Waals surface area contributed by atoms with E-state index < -0.39 is 59.7 Å². The largest absolute Gasteiger partial charge is 0.480 e. The first kappa shape index (κ1) is 38.4. The number of nitrogens with zero attached hydrogens (tertiary/aromatic N) is 1. The first-order valence-electron chi connectivity index (χ1n) is 16.3. The summed E-state index contributed by atoms with van der Waals surface area (Å²) >= 11 is 1.31. The SMILES string of the molecule is CC(C)(C)OC(=O)NCCCSC[C@H](NC(=O)OCc1ccccc1)C(=O)N[C@H](CCC(=O)N1[C@H](C(=O)O)C[C@@H]2CCCC[C@@H]21)C(=O)O. The van der Waals surface area contributed by atoms with Crippen molar-refractivity contribution in [1.82, 2.24) is 20.9 Å². The van der Waals surface area contributed by atoms with Crippen LogP contribution in [0.15, 0.2) is 30.3 Å². The molecule has 0 spiro atoms. The Kier molecular flexibility index (Phi) is 14.8. The van der Waals surface area contributed by atoms with E-state index in [0.29, 0.717) is 31.6 Å². The minimum absolute atomic E-state index is 0.0416. The molecule has 1 aliphatic carbocycles. The molecule has 48 heavy (non-hydrogen) atoms. The smallest absolute Gasteiger partial charge is 0.408 e. The summed E-state index contributed by atoms with van der Waals surface area (Å²) in [5.74, 6) is -2.99. The molecule has 3 rings (SSSR count). The van der Waals surface area contributed by atoms with Crippen molar-refractivity contribution in [2.75, 3.05) is 18.1 Å². The summed E-state index contributed by atoms with van der Waals surface area (Å²) in [7, 11) is 0. The third kappa shape index (κ3) is 12.5. The van der Waals surface area contributed by atoms with Crippen LogP contribution in [0, 0.1) is 5.92 Å². The lowest BCUT2D eigenvalue weighted by molar-refractivity contribution is -0.150. The molecule has 1 saturated heterocycles. The van der Waals surface area contributed by atoms with E-state index in [1.165, 1.54) is 16.7 Å². The standard InChI is InChI=1S/C33H48N4O10S/c1-33(2,3)47-31(44)34-16-9-17-48-20-24(36-32(45)46-19-21-10-5-4-6-11-21)28(39)35-23(29(40)41)14-15-27(38)37-25-13-8-7-12-22(25)18-26(37)30(42)43/h4-6,10-11,22-26H,7-9,12-20H2,1-3H3,(H,34,44)(H,35,39)(H,36,45)(H,40,41)(H,42,43)/t22-,23+,24-,25-,26-/m0/s1. The molecular weight excluding hydrogens is 644 g/mol. The lowest BCUT2D eigenvalue weighted by Crippen LogP contribution is -2.53. The highest BCUT2D eigenvalue weighted by atomic mass is 32.2. The second-order valence-corrected chi connectivity index (χ2v) is 14.2. The van der Waals surface area contributed by atoms with Crippen LogP contribution in [0.25, 0.3) is 0 Å². The van der Waals surface area contributed by atoms with E-state index in [9.17, 15) is 39.0 Å². The van der Waals surface area contributed by atoms with Crippen molar-refractivity contribution >= 4 is 47.7 Å². The molecule has 1 aliphatic heterocycles. The third-order valence-corrected chi connectivity index (χ3v) is 9.31. The summed E-state index contributed by atoms with van der Waals surface area (Å²) in [6, 6.07) is 5.17. The molecule has 15 heteroatoms. The number of thioether (sulfide) groups is 1. The topological polar surface area (TPSA) is 201 Å². The van der Waals surface area contributed by atoms with Crippen LogP contribution in [-0.2, 0) is 35.3 Å². The molecule has 5 atom stereocenters. The normalized spacial score (nSPS) is 20.1. The number of amides is 4. The Labute approximate surface area is 285 Å². The Morgan fingerprint density at radius 1 is 0.979 bits per heavy atom. The number of carboxylic acids is 2. The summed E-state index contributed by atoms with van der Waals surface area (Å²) < 4.78 is 10.5. The third-order valence-electron chi connectivity index (χ3n) is 8.16. The summed E-state index contributed by atoms with van der Waals surface area (Å²) in [4.78, 5) is 76.6. The molecule has 1 heterocycles. The molecule has 0 bridgehead atoms. The zero-order valence-corrected chi connectivity index (χ0v) is 28.6. The molecular formula is C33H48N4O10S. The van der Waals surface area contributed by atoms with Crippen LogP contribution in [0.4, 0.5) is 9.59 Å². The van der Waals surface area contributed by atoms with Crippen LogP contribution in [0.1, 0.15) is 77.7 Å². The average Bonchev–Trinajstić information content (AvgIpc) is 3.42. The number of benzene rings is 1. The van der Waals surface area contributed by atoms with E-state index >= 15 is 0 Å². The highest BCUT2D eigenvalue weighted by Crippen LogP contribution is 2.40. The number of carboxylic acid groups (broad SMARTS) is 2. The number of rotatable bonds is 16. The van der Waals surface area contributed by atoms with Gasteiger partial charge in [0, 0.05) is 24.8 Å². The molecule has 1 aromatic carbocycles. The summed E-state index contributed by atoms with van der Waals surface area (Å²) in [6.45, 7) is 5.55. The molecule has 5 N–H and O–H groups in total. The monoisotopic (exact) mass is 692 g/mol. The maximum absolute atomic E-state index is 13.3. The van der Waals surface area contributed by atoms with Gasteiger partial charge in [-0.3, -0.25) is 9.59 Å². The molecule has 0 radical (unpaired) electrons. The van der Waals surface area contributed by atoms with Gasteiger partial charge in [0.25, 0.3) is 0 Å². The summed E-state index contributed by atoms with van der Waals surface area (Å²) in [6.07, 6.45) is 2.42. The summed E-state index contributed by atoms with van der Waals surface area (Å²) in [5.41, 5.74) is 0.105. The van der Waals surface area contributed by atoms with Gasteiger partial charge in [0.2, 0.25) is 11.8 Å². The highest BCUT2D eigenvalue weighted by molar-refractivity contribution is 7.99. The lowest BCUT2D eigenvalue weighted by Gasteiger charge is -2.33. The van der Waals surface area contributed by atoms with Gasteiger partial charge < -0.3 is 40.5 Å². The Hall–Kier alpha value is -4.01. The zero-order chi connectivity index (χ0) is 35.3. The van der Waals surface area contributed by atoms with Crippen molar-refractivity contribution in [2.45, 2.75) is 109 Å². The second kappa shape index (κ2) is 18.5. The molecule has 14 nitrogen and oxygen atoms in total. The number of likely N-dealkylation sites (tertiary alicyclic amines) is 1. The molecule has 1 saturated carbocycles. The fourth-order valence-corrected chi connectivity index (χ4v) is 6.92. The minimum atomic E-state index is -1.46. The van der Waals surface area contributed by atoms with Gasteiger partial charge >= 0.3 is 24.1 Å². The molecule has 1 aromatic rings. The van der Waals surface area contributed by atoms with Crippen molar-refractivity contribution in [1.29, 1.82) is 0 Å². The molecule has 0 aromatic heterocycles. The number of fused-ring (bicyclic) bond motifs is 1. The number of carbonyl (C=O) groups excluding carboxylic acids is 4. The van der Waals surface area contributed by atoms with Crippen molar-refractivity contribution in [3.8, 4) is 0 Å². The fourth-order valence-electron chi connectivity index (χ4n) is 5.94. The molecule has 0 unspecified atom stereocenters.